The third-order valence-electron chi connectivity index (χ3n) is 4.92. The van der Waals surface area contributed by atoms with E-state index in [1.165, 1.54) is 0 Å². The van der Waals surface area contributed by atoms with Crippen LogP contribution in [0, 0.1) is 6.92 Å². The minimum Gasteiger partial charge on any atom is -0.505 e. The molecule has 29 heavy (non-hydrogen) atoms. The van der Waals surface area contributed by atoms with Gasteiger partial charge < -0.3 is 5.11 Å². The average Bonchev–Trinajstić information content (AvgIpc) is 2.70. The molecule has 2 heterocycles. The fourth-order valence-corrected chi connectivity index (χ4v) is 4.38. The van der Waals surface area contributed by atoms with Crippen LogP contribution in [-0.2, 0) is 6.42 Å². The van der Waals surface area contributed by atoms with Crippen LogP contribution in [0.15, 0.2) is 60.8 Å². The molecule has 4 aromatic rings. The van der Waals surface area contributed by atoms with Gasteiger partial charge in [-0.25, -0.2) is 0 Å². The van der Waals surface area contributed by atoms with Crippen molar-refractivity contribution in [3.05, 3.63) is 98.4 Å². The number of pyridine rings is 2. The van der Waals surface area contributed by atoms with E-state index < -0.39 is 0 Å². The average molecular weight is 444 g/mol. The number of phenolic OH excluding ortho intramolecular Hbond substituents is 1. The molecule has 0 amide bonds. The van der Waals surface area contributed by atoms with Crippen LogP contribution in [0.3, 0.4) is 0 Å². The van der Waals surface area contributed by atoms with E-state index in [1.54, 1.807) is 30.5 Å². The molecule has 0 saturated carbocycles. The first-order valence-electron chi connectivity index (χ1n) is 9.07. The number of fused-ring (bicyclic) bond motifs is 1. The predicted octanol–water partition coefficient (Wildman–Crippen LogP) is 6.98. The van der Waals surface area contributed by atoms with Crippen LogP contribution in [0.1, 0.15) is 28.4 Å². The molecule has 1 N–H and O–H groups in total. The molecule has 2 aromatic carbocycles. The maximum atomic E-state index is 11.1. The Morgan fingerprint density at radius 3 is 2.52 bits per heavy atom. The first kappa shape index (κ1) is 20.0. The number of nitrogens with zero attached hydrogens (tertiary/aromatic N) is 2. The van der Waals surface area contributed by atoms with Crippen LogP contribution in [0.25, 0.3) is 10.9 Å². The van der Waals surface area contributed by atoms with Crippen LogP contribution in [0.4, 0.5) is 0 Å². The van der Waals surface area contributed by atoms with E-state index in [-0.39, 0.29) is 11.7 Å². The molecule has 1 atom stereocenters. The zero-order valence-electron chi connectivity index (χ0n) is 15.5. The van der Waals surface area contributed by atoms with E-state index in [4.69, 9.17) is 34.8 Å². The van der Waals surface area contributed by atoms with E-state index in [2.05, 4.69) is 9.97 Å². The molecule has 2 aromatic heterocycles. The molecule has 1 unspecified atom stereocenters. The zero-order chi connectivity index (χ0) is 20.5. The Morgan fingerprint density at radius 1 is 0.931 bits per heavy atom. The Bertz CT molecular complexity index is 1210. The fourth-order valence-electron chi connectivity index (χ4n) is 3.57. The molecule has 0 aliphatic carbocycles. The quantitative estimate of drug-likeness (QED) is 0.370. The van der Waals surface area contributed by atoms with Crippen molar-refractivity contribution >= 4 is 45.7 Å². The second kappa shape index (κ2) is 8.19. The number of hydrogen-bond acceptors (Lipinski definition) is 3. The molecule has 6 heteroatoms. The Kier molecular flexibility index (Phi) is 5.64. The lowest BCUT2D eigenvalue weighted by Crippen LogP contribution is -2.08. The molecule has 146 valence electrons. The maximum Gasteiger partial charge on any atom is 0.145 e. The molecule has 0 bridgehead atoms. The molecule has 0 radical (unpaired) electrons. The van der Waals surface area contributed by atoms with Crippen molar-refractivity contribution in [2.75, 3.05) is 0 Å². The predicted molar refractivity (Wildman–Crippen MR) is 119 cm³/mol. The van der Waals surface area contributed by atoms with E-state index in [1.807, 2.05) is 37.3 Å². The van der Waals surface area contributed by atoms with Gasteiger partial charge in [0.05, 0.1) is 5.02 Å². The van der Waals surface area contributed by atoms with Crippen molar-refractivity contribution < 1.29 is 5.11 Å². The Hall–Kier alpha value is -2.33. The second-order valence-electron chi connectivity index (χ2n) is 6.89. The van der Waals surface area contributed by atoms with Crippen molar-refractivity contribution in [1.29, 1.82) is 0 Å². The molecule has 3 nitrogen and oxygen atoms in total. The normalized spacial score (nSPS) is 12.3. The SMILES string of the molecule is Cc1cccc(CC(c2ccc(Cl)cc2Cl)c2cc(Cl)c3cccnc3c2O)n1. The fraction of sp³-hybridized carbons (Fsp3) is 0.130. The largest absolute Gasteiger partial charge is 0.505 e. The lowest BCUT2D eigenvalue weighted by Gasteiger charge is -2.22. The molecule has 0 spiro atoms. The van der Waals surface area contributed by atoms with Crippen molar-refractivity contribution in [3.8, 4) is 5.75 Å². The van der Waals surface area contributed by atoms with Gasteiger partial charge >= 0.3 is 0 Å². The Morgan fingerprint density at radius 2 is 1.76 bits per heavy atom. The van der Waals surface area contributed by atoms with Crippen LogP contribution in [-0.4, -0.2) is 15.1 Å². The lowest BCUT2D eigenvalue weighted by molar-refractivity contribution is 0.469. The molecule has 0 saturated heterocycles. The summed E-state index contributed by atoms with van der Waals surface area (Å²) in [5.74, 6) is -0.188. The molecular weight excluding hydrogens is 427 g/mol. The van der Waals surface area contributed by atoms with Gasteiger partial charge in [0.1, 0.15) is 11.3 Å². The summed E-state index contributed by atoms with van der Waals surface area (Å²) < 4.78 is 0. The summed E-state index contributed by atoms with van der Waals surface area (Å²) in [6.07, 6.45) is 2.17. The first-order valence-corrected chi connectivity index (χ1v) is 10.2. The van der Waals surface area contributed by atoms with Gasteiger partial charge in [-0.1, -0.05) is 46.9 Å². The van der Waals surface area contributed by atoms with Gasteiger partial charge in [0, 0.05) is 50.9 Å². The van der Waals surface area contributed by atoms with Gasteiger partial charge in [-0.05, 0) is 55.0 Å². The van der Waals surface area contributed by atoms with Gasteiger partial charge in [0.25, 0.3) is 0 Å². The van der Waals surface area contributed by atoms with Gasteiger partial charge in [0.2, 0.25) is 0 Å². The number of rotatable bonds is 4. The summed E-state index contributed by atoms with van der Waals surface area (Å²) in [7, 11) is 0. The van der Waals surface area contributed by atoms with Crippen LogP contribution in [0.2, 0.25) is 15.1 Å². The highest BCUT2D eigenvalue weighted by molar-refractivity contribution is 6.36. The highest BCUT2D eigenvalue weighted by atomic mass is 35.5. The minimum absolute atomic E-state index is 0.0914. The summed E-state index contributed by atoms with van der Waals surface area (Å²) in [5, 5.41) is 13.4. The van der Waals surface area contributed by atoms with Crippen molar-refractivity contribution in [2.45, 2.75) is 19.3 Å². The van der Waals surface area contributed by atoms with Gasteiger partial charge in [-0.15, -0.1) is 0 Å². The molecule has 0 aliphatic heterocycles. The second-order valence-corrected chi connectivity index (χ2v) is 8.14. The van der Waals surface area contributed by atoms with Crippen molar-refractivity contribution in [1.82, 2.24) is 9.97 Å². The smallest absolute Gasteiger partial charge is 0.145 e. The van der Waals surface area contributed by atoms with Crippen LogP contribution < -0.4 is 0 Å². The number of aryl methyl sites for hydroxylation is 1. The van der Waals surface area contributed by atoms with Gasteiger partial charge in [0.15, 0.2) is 0 Å². The van der Waals surface area contributed by atoms with Gasteiger partial charge in [-0.3, -0.25) is 9.97 Å². The highest BCUT2D eigenvalue weighted by Crippen LogP contribution is 2.42. The number of aromatic nitrogens is 2. The molecule has 0 aliphatic rings. The first-order chi connectivity index (χ1) is 13.9. The number of halogens is 3. The van der Waals surface area contributed by atoms with E-state index in [9.17, 15) is 5.11 Å². The number of phenols is 1. The third-order valence-corrected chi connectivity index (χ3v) is 5.79. The highest BCUT2D eigenvalue weighted by Gasteiger charge is 2.24. The molecular formula is C23H17Cl3N2O. The summed E-state index contributed by atoms with van der Waals surface area (Å²) in [6, 6.07) is 16.6. The molecule has 0 fully saturated rings. The maximum absolute atomic E-state index is 11.1. The van der Waals surface area contributed by atoms with Crippen LogP contribution >= 0.6 is 34.8 Å². The third kappa shape index (κ3) is 4.04. The zero-order valence-corrected chi connectivity index (χ0v) is 17.8. The molecule has 4 rings (SSSR count). The Balaban J connectivity index is 1.93. The summed E-state index contributed by atoms with van der Waals surface area (Å²) >= 11 is 19.2. The Labute approximate surface area is 183 Å². The van der Waals surface area contributed by atoms with Crippen LogP contribution in [0.5, 0.6) is 5.75 Å². The number of hydrogen-bond donors (Lipinski definition) is 1. The van der Waals surface area contributed by atoms with Gasteiger partial charge in [-0.2, -0.15) is 0 Å². The summed E-state index contributed by atoms with van der Waals surface area (Å²) in [6.45, 7) is 1.95. The minimum atomic E-state index is -0.280. The standard InChI is InChI=1S/C23H17Cl3N2O/c1-13-4-2-5-15(28-13)11-18(16-8-7-14(24)10-20(16)25)19-12-21(26)17-6-3-9-27-22(17)23(19)29/h2-10,12,18,29H,11H2,1H3. The van der Waals surface area contributed by atoms with Crippen molar-refractivity contribution in [3.63, 3.8) is 0 Å². The summed E-state index contributed by atoms with van der Waals surface area (Å²) in [4.78, 5) is 8.96. The summed E-state index contributed by atoms with van der Waals surface area (Å²) in [5.41, 5.74) is 3.75. The van der Waals surface area contributed by atoms with Crippen molar-refractivity contribution in [2.24, 2.45) is 0 Å². The topological polar surface area (TPSA) is 46.0 Å². The number of aromatic hydroxyl groups is 1. The van der Waals surface area contributed by atoms with E-state index in [0.29, 0.717) is 38.0 Å². The lowest BCUT2D eigenvalue weighted by atomic mass is 9.86. The number of benzene rings is 2. The van der Waals surface area contributed by atoms with E-state index >= 15 is 0 Å². The monoisotopic (exact) mass is 442 g/mol. The van der Waals surface area contributed by atoms with E-state index in [0.717, 1.165) is 17.0 Å².